The van der Waals surface area contributed by atoms with Gasteiger partial charge in [-0.3, -0.25) is 4.79 Å². The molecule has 0 aliphatic carbocycles. The summed E-state index contributed by atoms with van der Waals surface area (Å²) in [5.41, 5.74) is 2.41. The summed E-state index contributed by atoms with van der Waals surface area (Å²) in [4.78, 5) is 19.1. The molecule has 0 spiro atoms. The molecule has 140 valence electrons. The number of amides is 1. The summed E-state index contributed by atoms with van der Waals surface area (Å²) in [6.07, 6.45) is 4.85. The van der Waals surface area contributed by atoms with Crippen molar-refractivity contribution in [3.05, 3.63) is 58.5 Å². The van der Waals surface area contributed by atoms with E-state index in [1.165, 1.54) is 17.0 Å². The standard InChI is InChI=1S/C18H17ClN4O3S/c1-11-17-12(4-3-5-15(17)27(2,25)26)6-7-22(11)18(24)14-8-16-20-9-13(19)10-23(16)21-14/h3-5,8-11H,6-7H2,1-2H3. The number of hydrogen-bond donors (Lipinski definition) is 0. The number of aromatic nitrogens is 3. The molecule has 1 atom stereocenters. The molecule has 9 heteroatoms. The summed E-state index contributed by atoms with van der Waals surface area (Å²) < 4.78 is 25.9. The van der Waals surface area contributed by atoms with Crippen LogP contribution >= 0.6 is 11.6 Å². The number of hydrogen-bond acceptors (Lipinski definition) is 5. The van der Waals surface area contributed by atoms with Crippen LogP contribution in [0.5, 0.6) is 0 Å². The zero-order chi connectivity index (χ0) is 19.3. The van der Waals surface area contributed by atoms with E-state index >= 15 is 0 Å². The Morgan fingerprint density at radius 3 is 2.85 bits per heavy atom. The molecule has 2 aromatic heterocycles. The van der Waals surface area contributed by atoms with Crippen LogP contribution in [-0.2, 0) is 16.3 Å². The first-order chi connectivity index (χ1) is 12.8. The largest absolute Gasteiger partial charge is 0.330 e. The Bertz CT molecular complexity index is 1170. The fourth-order valence-electron chi connectivity index (χ4n) is 3.58. The van der Waals surface area contributed by atoms with Crippen LogP contribution in [0.2, 0.25) is 5.02 Å². The molecular weight excluding hydrogens is 388 g/mol. The smallest absolute Gasteiger partial charge is 0.274 e. The molecule has 1 aromatic carbocycles. The fourth-order valence-corrected chi connectivity index (χ4v) is 4.75. The minimum Gasteiger partial charge on any atom is -0.330 e. The summed E-state index contributed by atoms with van der Waals surface area (Å²) in [6, 6.07) is 6.48. The normalized spacial score (nSPS) is 17.1. The van der Waals surface area contributed by atoms with Gasteiger partial charge in [0, 0.05) is 25.1 Å². The van der Waals surface area contributed by atoms with Crippen LogP contribution in [0.15, 0.2) is 41.6 Å². The number of fused-ring (bicyclic) bond motifs is 2. The number of sulfone groups is 1. The van der Waals surface area contributed by atoms with Gasteiger partial charge < -0.3 is 4.90 Å². The average molecular weight is 405 g/mol. The van der Waals surface area contributed by atoms with Gasteiger partial charge in [-0.05, 0) is 30.5 Å². The number of nitrogens with zero attached hydrogens (tertiary/aromatic N) is 4. The maximum absolute atomic E-state index is 13.1. The molecule has 4 rings (SSSR count). The second-order valence-electron chi connectivity index (χ2n) is 6.63. The molecule has 0 bridgehead atoms. The van der Waals surface area contributed by atoms with E-state index in [0.29, 0.717) is 29.2 Å². The Morgan fingerprint density at radius 1 is 1.33 bits per heavy atom. The van der Waals surface area contributed by atoms with Crippen LogP contribution in [0.1, 0.15) is 34.6 Å². The molecule has 7 nitrogen and oxygen atoms in total. The molecule has 0 saturated carbocycles. The molecule has 0 fully saturated rings. The van der Waals surface area contributed by atoms with Crippen LogP contribution in [0.25, 0.3) is 5.65 Å². The van der Waals surface area contributed by atoms with Crippen molar-refractivity contribution in [1.82, 2.24) is 19.5 Å². The molecule has 0 saturated heterocycles. The van der Waals surface area contributed by atoms with Gasteiger partial charge in [-0.1, -0.05) is 23.7 Å². The molecule has 1 amide bonds. The summed E-state index contributed by atoms with van der Waals surface area (Å²) in [6.45, 7) is 2.33. The lowest BCUT2D eigenvalue weighted by molar-refractivity contribution is 0.0668. The summed E-state index contributed by atoms with van der Waals surface area (Å²) in [5.74, 6) is -0.266. The van der Waals surface area contributed by atoms with Gasteiger partial charge in [0.25, 0.3) is 5.91 Å². The van der Waals surface area contributed by atoms with E-state index < -0.39 is 9.84 Å². The van der Waals surface area contributed by atoms with Crippen molar-refractivity contribution in [1.29, 1.82) is 0 Å². The SMILES string of the molecule is CC1c2c(cccc2S(C)(=O)=O)CCN1C(=O)c1cc2ncc(Cl)cn2n1. The Kier molecular flexibility index (Phi) is 4.20. The number of carbonyl (C=O) groups is 1. The highest BCUT2D eigenvalue weighted by atomic mass is 35.5. The number of rotatable bonds is 2. The van der Waals surface area contributed by atoms with Crippen LogP contribution in [-0.4, -0.2) is 46.6 Å². The molecule has 1 unspecified atom stereocenters. The second kappa shape index (κ2) is 6.31. The Balaban J connectivity index is 1.74. The van der Waals surface area contributed by atoms with Crippen molar-refractivity contribution < 1.29 is 13.2 Å². The number of carbonyl (C=O) groups excluding carboxylic acids is 1. The van der Waals surface area contributed by atoms with Crippen molar-refractivity contribution >= 4 is 33.0 Å². The molecule has 3 heterocycles. The molecule has 1 aliphatic rings. The van der Waals surface area contributed by atoms with Gasteiger partial charge in [0.05, 0.1) is 22.2 Å². The first-order valence-electron chi connectivity index (χ1n) is 8.39. The minimum atomic E-state index is -3.40. The van der Waals surface area contributed by atoms with Crippen molar-refractivity contribution in [2.24, 2.45) is 0 Å². The zero-order valence-electron chi connectivity index (χ0n) is 14.8. The van der Waals surface area contributed by atoms with E-state index in [0.717, 1.165) is 5.56 Å². The lowest BCUT2D eigenvalue weighted by atomic mass is 9.93. The van der Waals surface area contributed by atoms with Gasteiger partial charge in [-0.2, -0.15) is 5.10 Å². The highest BCUT2D eigenvalue weighted by Gasteiger charge is 2.33. The second-order valence-corrected chi connectivity index (χ2v) is 9.05. The van der Waals surface area contributed by atoms with Crippen molar-refractivity contribution in [3.8, 4) is 0 Å². The van der Waals surface area contributed by atoms with Gasteiger partial charge >= 0.3 is 0 Å². The molecule has 0 radical (unpaired) electrons. The Hall–Kier alpha value is -2.45. The molecular formula is C18H17ClN4O3S. The maximum Gasteiger partial charge on any atom is 0.274 e. The zero-order valence-corrected chi connectivity index (χ0v) is 16.3. The van der Waals surface area contributed by atoms with Crippen molar-refractivity contribution in [2.75, 3.05) is 12.8 Å². The topological polar surface area (TPSA) is 84.6 Å². The number of benzene rings is 1. The van der Waals surface area contributed by atoms with Gasteiger partial charge in [0.2, 0.25) is 0 Å². The van der Waals surface area contributed by atoms with Gasteiger partial charge in [-0.25, -0.2) is 17.9 Å². The van der Waals surface area contributed by atoms with Crippen LogP contribution < -0.4 is 0 Å². The molecule has 27 heavy (non-hydrogen) atoms. The number of halogens is 1. The predicted molar refractivity (Wildman–Crippen MR) is 101 cm³/mol. The molecule has 3 aromatic rings. The minimum absolute atomic E-state index is 0.247. The third-order valence-corrected chi connectivity index (χ3v) is 6.18. The summed E-state index contributed by atoms with van der Waals surface area (Å²) in [5, 5.41) is 4.69. The van der Waals surface area contributed by atoms with Crippen molar-refractivity contribution in [2.45, 2.75) is 24.3 Å². The van der Waals surface area contributed by atoms with E-state index in [4.69, 9.17) is 11.6 Å². The Labute approximate surface area is 161 Å². The summed E-state index contributed by atoms with van der Waals surface area (Å²) >= 11 is 5.92. The lowest BCUT2D eigenvalue weighted by Gasteiger charge is -2.35. The fraction of sp³-hybridized carbons (Fsp3) is 0.278. The van der Waals surface area contributed by atoms with Crippen LogP contribution in [0.4, 0.5) is 0 Å². The lowest BCUT2D eigenvalue weighted by Crippen LogP contribution is -2.39. The molecule has 0 N–H and O–H groups in total. The van der Waals surface area contributed by atoms with Crippen molar-refractivity contribution in [3.63, 3.8) is 0 Å². The summed E-state index contributed by atoms with van der Waals surface area (Å²) in [7, 11) is -3.40. The van der Waals surface area contributed by atoms with E-state index in [9.17, 15) is 13.2 Å². The van der Waals surface area contributed by atoms with E-state index in [-0.39, 0.29) is 22.5 Å². The van der Waals surface area contributed by atoms with Gasteiger partial charge in [0.1, 0.15) is 0 Å². The highest BCUT2D eigenvalue weighted by molar-refractivity contribution is 7.90. The van der Waals surface area contributed by atoms with Gasteiger partial charge in [0.15, 0.2) is 21.2 Å². The first-order valence-corrected chi connectivity index (χ1v) is 10.7. The van der Waals surface area contributed by atoms with E-state index in [1.807, 2.05) is 13.0 Å². The molecule has 1 aliphatic heterocycles. The third-order valence-electron chi connectivity index (χ3n) is 4.82. The first kappa shape index (κ1) is 17.9. The average Bonchev–Trinajstić information content (AvgIpc) is 3.03. The van der Waals surface area contributed by atoms with Crippen LogP contribution in [0, 0.1) is 0 Å². The van der Waals surface area contributed by atoms with Crippen LogP contribution in [0.3, 0.4) is 0 Å². The third kappa shape index (κ3) is 3.08. The monoisotopic (exact) mass is 404 g/mol. The predicted octanol–water partition coefficient (Wildman–Crippen LogP) is 2.55. The van der Waals surface area contributed by atoms with Gasteiger partial charge in [-0.15, -0.1) is 0 Å². The quantitative estimate of drug-likeness (QED) is 0.655. The van der Waals surface area contributed by atoms with E-state index in [2.05, 4.69) is 10.1 Å². The highest BCUT2D eigenvalue weighted by Crippen LogP contribution is 2.35. The maximum atomic E-state index is 13.1. The Morgan fingerprint density at radius 2 is 2.11 bits per heavy atom. The van der Waals surface area contributed by atoms with E-state index in [1.54, 1.807) is 29.3 Å².